The number of fused-ring (bicyclic) bond motifs is 2. The van der Waals surface area contributed by atoms with E-state index < -0.39 is 11.9 Å². The number of benzene rings is 3. The van der Waals surface area contributed by atoms with Crippen LogP contribution in [0.3, 0.4) is 0 Å². The number of nitrogens with one attached hydrogen (secondary N) is 2. The van der Waals surface area contributed by atoms with Crippen LogP contribution in [0.25, 0.3) is 21.8 Å². The van der Waals surface area contributed by atoms with E-state index in [9.17, 15) is 14.4 Å². The molecule has 8 heteroatoms. The van der Waals surface area contributed by atoms with Crippen molar-refractivity contribution in [3.63, 3.8) is 0 Å². The molecular formula is C35H34N4O4. The average Bonchev–Trinajstić information content (AvgIpc) is 3.78. The van der Waals surface area contributed by atoms with Gasteiger partial charge in [-0.05, 0) is 61.2 Å². The van der Waals surface area contributed by atoms with Crippen molar-refractivity contribution in [2.24, 2.45) is 5.92 Å². The summed E-state index contributed by atoms with van der Waals surface area (Å²) in [7, 11) is 0. The number of hydrogen-bond acceptors (Lipinski definition) is 4. The topological polar surface area (TPSA) is 98.5 Å². The van der Waals surface area contributed by atoms with E-state index in [1.165, 1.54) is 21.9 Å². The Balaban J connectivity index is 1.14. The summed E-state index contributed by atoms with van der Waals surface area (Å²) in [5, 5.41) is 2.41. The molecule has 2 aliphatic heterocycles. The molecule has 2 aliphatic rings. The highest BCUT2D eigenvalue weighted by Crippen LogP contribution is 2.47. The summed E-state index contributed by atoms with van der Waals surface area (Å²) in [5.74, 6) is -0.939. The summed E-state index contributed by atoms with van der Waals surface area (Å²) < 4.78 is 5.12. The van der Waals surface area contributed by atoms with Crippen LogP contribution >= 0.6 is 0 Å². The molecular weight excluding hydrogens is 540 g/mol. The number of piperidine rings is 1. The molecule has 0 saturated carbocycles. The Morgan fingerprint density at radius 1 is 0.884 bits per heavy atom. The van der Waals surface area contributed by atoms with Crippen molar-refractivity contribution < 1.29 is 19.1 Å². The first-order valence-electron chi connectivity index (χ1n) is 15.0. The molecule has 2 saturated heterocycles. The number of likely N-dealkylation sites (tertiary alicyclic amines) is 1. The Labute approximate surface area is 249 Å². The lowest BCUT2D eigenvalue weighted by atomic mass is 9.67. The minimum absolute atomic E-state index is 0.0175. The third-order valence-electron chi connectivity index (χ3n) is 9.28. The van der Waals surface area contributed by atoms with Gasteiger partial charge < -0.3 is 24.5 Å². The van der Waals surface area contributed by atoms with Gasteiger partial charge in [-0.1, -0.05) is 42.5 Å². The van der Waals surface area contributed by atoms with Crippen LogP contribution in [0.15, 0.2) is 85.2 Å². The Hall–Kier alpha value is -4.85. The van der Waals surface area contributed by atoms with Gasteiger partial charge in [-0.25, -0.2) is 4.79 Å². The summed E-state index contributed by atoms with van der Waals surface area (Å²) >= 11 is 0. The number of aromatic nitrogens is 2. The maximum Gasteiger partial charge on any atom is 0.338 e. The smallest absolute Gasteiger partial charge is 0.338 e. The second kappa shape index (κ2) is 10.8. The van der Waals surface area contributed by atoms with Crippen molar-refractivity contribution >= 4 is 45.3 Å². The molecule has 0 unspecified atom stereocenters. The van der Waals surface area contributed by atoms with Crippen LogP contribution in [-0.2, 0) is 19.7 Å². The number of rotatable bonds is 6. The van der Waals surface area contributed by atoms with Gasteiger partial charge in [-0.15, -0.1) is 0 Å². The number of carbonyl (C=O) groups is 3. The van der Waals surface area contributed by atoms with Gasteiger partial charge in [0.15, 0.2) is 0 Å². The molecule has 2 amide bonds. The Kier molecular flexibility index (Phi) is 6.76. The molecule has 5 aromatic rings. The Morgan fingerprint density at radius 2 is 1.51 bits per heavy atom. The summed E-state index contributed by atoms with van der Waals surface area (Å²) in [4.78, 5) is 49.7. The van der Waals surface area contributed by atoms with Gasteiger partial charge >= 0.3 is 5.97 Å². The highest BCUT2D eigenvalue weighted by atomic mass is 16.5. The van der Waals surface area contributed by atoms with Crippen molar-refractivity contribution in [1.29, 1.82) is 0 Å². The van der Waals surface area contributed by atoms with Crippen molar-refractivity contribution in [2.45, 2.75) is 31.6 Å². The summed E-state index contributed by atoms with van der Waals surface area (Å²) in [6, 6.07) is 23.7. The zero-order valence-corrected chi connectivity index (χ0v) is 24.1. The zero-order chi connectivity index (χ0) is 29.6. The molecule has 2 fully saturated rings. The third-order valence-corrected chi connectivity index (χ3v) is 9.28. The first-order valence-corrected chi connectivity index (χ1v) is 15.0. The van der Waals surface area contributed by atoms with Gasteiger partial charge in [-0.3, -0.25) is 9.59 Å². The average molecular weight is 575 g/mol. The van der Waals surface area contributed by atoms with Crippen LogP contribution in [0.1, 0.15) is 47.7 Å². The van der Waals surface area contributed by atoms with Crippen LogP contribution in [0.2, 0.25) is 0 Å². The van der Waals surface area contributed by atoms with E-state index in [4.69, 9.17) is 4.74 Å². The fourth-order valence-electron chi connectivity index (χ4n) is 7.12. The Bertz CT molecular complexity index is 1770. The molecule has 8 nitrogen and oxygen atoms in total. The maximum atomic E-state index is 13.9. The number of aromatic amines is 2. The number of carbonyl (C=O) groups excluding carboxylic acids is 3. The highest BCUT2D eigenvalue weighted by Gasteiger charge is 2.44. The number of ether oxygens (including phenoxy) is 1. The van der Waals surface area contributed by atoms with Gasteiger partial charge in [-0.2, -0.15) is 0 Å². The number of amides is 2. The van der Waals surface area contributed by atoms with E-state index in [0.29, 0.717) is 30.9 Å². The number of H-pyrrole nitrogens is 2. The molecule has 3 aromatic carbocycles. The first kappa shape index (κ1) is 27.0. The fourth-order valence-corrected chi connectivity index (χ4v) is 7.12. The summed E-state index contributed by atoms with van der Waals surface area (Å²) in [5.41, 5.74) is 5.44. The molecule has 0 bridgehead atoms. The van der Waals surface area contributed by atoms with Crippen LogP contribution in [-0.4, -0.2) is 58.9 Å². The minimum atomic E-state index is -0.425. The van der Waals surface area contributed by atoms with E-state index in [-0.39, 0.29) is 30.3 Å². The minimum Gasteiger partial charge on any atom is -0.462 e. The zero-order valence-electron chi connectivity index (χ0n) is 24.1. The molecule has 0 spiro atoms. The van der Waals surface area contributed by atoms with Crippen LogP contribution in [0.4, 0.5) is 5.69 Å². The lowest BCUT2D eigenvalue weighted by Gasteiger charge is -2.43. The number of nitrogens with zero attached hydrogens (tertiary/aromatic N) is 2. The monoisotopic (exact) mass is 574 g/mol. The SMILES string of the molecule is CCOC(=O)c1cccc(N2C[C@@H](C(=O)N3CCC(c4c[nH]c5ccccc45)(c4c[nH]c5ccccc45)CC3)CC2=O)c1. The summed E-state index contributed by atoms with van der Waals surface area (Å²) in [6.07, 6.45) is 5.99. The summed E-state index contributed by atoms with van der Waals surface area (Å²) in [6.45, 7) is 3.53. The molecule has 43 heavy (non-hydrogen) atoms. The second-order valence-corrected chi connectivity index (χ2v) is 11.6. The van der Waals surface area contributed by atoms with Gasteiger partial charge in [0.05, 0.1) is 18.1 Å². The van der Waals surface area contributed by atoms with Crippen LogP contribution < -0.4 is 4.90 Å². The maximum absolute atomic E-state index is 13.9. The molecule has 2 aromatic heterocycles. The standard InChI is InChI=1S/C35H34N4O4/c1-2-43-34(42)23-8-7-9-25(18-23)39-22-24(19-32(39)40)33(41)38-16-14-35(15-17-38,28-20-36-30-12-5-3-10-26(28)30)29-21-37-31-13-6-4-11-27(29)31/h3-13,18,20-21,24,36-37H,2,14-17,19,22H2,1H3/t24-/m0/s1. The highest BCUT2D eigenvalue weighted by molar-refractivity contribution is 6.01. The fraction of sp³-hybridized carbons (Fsp3) is 0.286. The predicted molar refractivity (Wildman–Crippen MR) is 166 cm³/mol. The van der Waals surface area contributed by atoms with Crippen LogP contribution in [0.5, 0.6) is 0 Å². The van der Waals surface area contributed by atoms with E-state index in [1.54, 1.807) is 36.1 Å². The van der Waals surface area contributed by atoms with Gasteiger partial charge in [0.1, 0.15) is 0 Å². The van der Waals surface area contributed by atoms with Crippen molar-refractivity contribution in [1.82, 2.24) is 14.9 Å². The Morgan fingerprint density at radius 3 is 2.14 bits per heavy atom. The lowest BCUT2D eigenvalue weighted by Crippen LogP contribution is -2.47. The van der Waals surface area contributed by atoms with E-state index in [0.717, 1.165) is 23.9 Å². The molecule has 0 aliphatic carbocycles. The molecule has 4 heterocycles. The van der Waals surface area contributed by atoms with E-state index in [2.05, 4.69) is 58.8 Å². The third kappa shape index (κ3) is 4.58. The van der Waals surface area contributed by atoms with Crippen molar-refractivity contribution in [3.05, 3.63) is 102 Å². The number of esters is 1. The van der Waals surface area contributed by atoms with Gasteiger partial charge in [0.2, 0.25) is 11.8 Å². The molecule has 1 atom stereocenters. The number of hydrogen-bond donors (Lipinski definition) is 2. The van der Waals surface area contributed by atoms with Crippen LogP contribution in [0, 0.1) is 5.92 Å². The van der Waals surface area contributed by atoms with E-state index >= 15 is 0 Å². The number of anilines is 1. The predicted octanol–water partition coefficient (Wildman–Crippen LogP) is 5.79. The molecule has 0 radical (unpaired) electrons. The molecule has 218 valence electrons. The normalized spacial score (nSPS) is 18.4. The molecule has 2 N–H and O–H groups in total. The number of para-hydroxylation sites is 2. The van der Waals surface area contributed by atoms with E-state index in [1.807, 2.05) is 17.0 Å². The van der Waals surface area contributed by atoms with Gasteiger partial charge in [0, 0.05) is 71.4 Å². The molecule has 7 rings (SSSR count). The second-order valence-electron chi connectivity index (χ2n) is 11.6. The van der Waals surface area contributed by atoms with Crippen molar-refractivity contribution in [2.75, 3.05) is 31.1 Å². The quantitative estimate of drug-likeness (QED) is 0.251. The van der Waals surface area contributed by atoms with Crippen molar-refractivity contribution in [3.8, 4) is 0 Å². The first-order chi connectivity index (χ1) is 21.0. The largest absolute Gasteiger partial charge is 0.462 e. The lowest BCUT2D eigenvalue weighted by molar-refractivity contribution is -0.137. The van der Waals surface area contributed by atoms with Gasteiger partial charge in [0.25, 0.3) is 0 Å².